The van der Waals surface area contributed by atoms with Crippen LogP contribution in [-0.4, -0.2) is 0 Å². The number of halogens is 2. The SMILES string of the molecule is Cc1cc(Br)c(C(Cl)C2CCCc3ccccc32)s1. The van der Waals surface area contributed by atoms with E-state index in [1.54, 1.807) is 0 Å². The Morgan fingerprint density at radius 1 is 1.37 bits per heavy atom. The molecule has 2 unspecified atom stereocenters. The van der Waals surface area contributed by atoms with Crippen LogP contribution >= 0.6 is 38.9 Å². The number of aryl methyl sites for hydroxylation is 2. The fraction of sp³-hybridized carbons (Fsp3) is 0.375. The summed E-state index contributed by atoms with van der Waals surface area (Å²) in [4.78, 5) is 2.59. The molecule has 0 amide bonds. The molecular weight excluding hydrogens is 340 g/mol. The van der Waals surface area contributed by atoms with Crippen molar-refractivity contribution >= 4 is 38.9 Å². The van der Waals surface area contributed by atoms with Gasteiger partial charge < -0.3 is 0 Å². The van der Waals surface area contributed by atoms with Crippen molar-refractivity contribution in [3.63, 3.8) is 0 Å². The molecular formula is C16H16BrClS. The normalized spacial score (nSPS) is 20.1. The molecule has 2 aromatic rings. The maximum Gasteiger partial charge on any atom is 0.0758 e. The quantitative estimate of drug-likeness (QED) is 0.561. The monoisotopic (exact) mass is 354 g/mol. The highest BCUT2D eigenvalue weighted by Gasteiger charge is 2.29. The summed E-state index contributed by atoms with van der Waals surface area (Å²) in [7, 11) is 0. The first kappa shape index (κ1) is 13.7. The predicted octanol–water partition coefficient (Wildman–Crippen LogP) is 6.22. The minimum Gasteiger partial charge on any atom is -0.143 e. The first-order valence-corrected chi connectivity index (χ1v) is 8.69. The number of hydrogen-bond donors (Lipinski definition) is 0. The van der Waals surface area contributed by atoms with Gasteiger partial charge in [-0.1, -0.05) is 24.3 Å². The van der Waals surface area contributed by atoms with E-state index in [-0.39, 0.29) is 5.38 Å². The summed E-state index contributed by atoms with van der Waals surface area (Å²) in [6.07, 6.45) is 3.63. The van der Waals surface area contributed by atoms with Crippen LogP contribution in [0.1, 0.15) is 45.0 Å². The molecule has 1 heterocycles. The molecule has 0 fully saturated rings. The highest BCUT2D eigenvalue weighted by molar-refractivity contribution is 9.10. The molecule has 0 bridgehead atoms. The molecule has 0 saturated heterocycles. The van der Waals surface area contributed by atoms with Gasteiger partial charge in [0.05, 0.1) is 5.38 Å². The van der Waals surface area contributed by atoms with Crippen LogP contribution in [0.2, 0.25) is 0 Å². The van der Waals surface area contributed by atoms with Crippen LogP contribution in [0.25, 0.3) is 0 Å². The maximum absolute atomic E-state index is 6.81. The van der Waals surface area contributed by atoms with E-state index in [1.165, 1.54) is 40.1 Å². The second-order valence-electron chi connectivity index (χ2n) is 5.17. The molecule has 1 aliphatic rings. The number of rotatable bonds is 2. The van der Waals surface area contributed by atoms with Crippen LogP contribution in [0.5, 0.6) is 0 Å². The molecule has 0 saturated carbocycles. The van der Waals surface area contributed by atoms with Gasteiger partial charge in [0.1, 0.15) is 0 Å². The molecule has 2 atom stereocenters. The van der Waals surface area contributed by atoms with Crippen LogP contribution in [0.3, 0.4) is 0 Å². The standard InChI is InChI=1S/C16H16BrClS/c1-10-9-14(17)16(19-10)15(18)13-8-4-6-11-5-2-3-7-12(11)13/h2-3,5,7,9,13,15H,4,6,8H2,1H3. The van der Waals surface area contributed by atoms with E-state index in [4.69, 9.17) is 11.6 Å². The minimum atomic E-state index is 0.0783. The summed E-state index contributed by atoms with van der Waals surface area (Å²) in [6, 6.07) is 10.9. The Kier molecular flexibility index (Phi) is 4.02. The molecule has 19 heavy (non-hydrogen) atoms. The Hall–Kier alpha value is -0.310. The third-order valence-corrected chi connectivity index (χ3v) is 6.56. The van der Waals surface area contributed by atoms with E-state index in [9.17, 15) is 0 Å². The van der Waals surface area contributed by atoms with Crippen molar-refractivity contribution in [2.75, 3.05) is 0 Å². The van der Waals surface area contributed by atoms with Crippen LogP contribution in [0.4, 0.5) is 0 Å². The van der Waals surface area contributed by atoms with E-state index in [0.717, 1.165) is 4.47 Å². The third-order valence-electron chi connectivity index (χ3n) is 3.86. The first-order chi connectivity index (χ1) is 9.16. The highest BCUT2D eigenvalue weighted by Crippen LogP contribution is 2.47. The van der Waals surface area contributed by atoms with Gasteiger partial charge in [0.25, 0.3) is 0 Å². The number of hydrogen-bond acceptors (Lipinski definition) is 1. The first-order valence-electron chi connectivity index (χ1n) is 6.64. The van der Waals surface area contributed by atoms with Crippen molar-refractivity contribution in [2.45, 2.75) is 37.5 Å². The Morgan fingerprint density at radius 2 is 2.16 bits per heavy atom. The molecule has 1 aromatic heterocycles. The fourth-order valence-corrected chi connectivity index (χ4v) is 5.55. The van der Waals surface area contributed by atoms with Gasteiger partial charge in [-0.15, -0.1) is 22.9 Å². The smallest absolute Gasteiger partial charge is 0.0758 e. The molecule has 0 spiro atoms. The van der Waals surface area contributed by atoms with Gasteiger partial charge in [0.15, 0.2) is 0 Å². The fourth-order valence-electron chi connectivity index (χ4n) is 2.97. The topological polar surface area (TPSA) is 0 Å². The minimum absolute atomic E-state index is 0.0783. The molecule has 100 valence electrons. The van der Waals surface area contributed by atoms with Gasteiger partial charge in [-0.3, -0.25) is 0 Å². The van der Waals surface area contributed by atoms with Crippen LogP contribution in [-0.2, 0) is 6.42 Å². The lowest BCUT2D eigenvalue weighted by molar-refractivity contribution is 0.541. The third kappa shape index (κ3) is 2.63. The van der Waals surface area contributed by atoms with Crippen molar-refractivity contribution in [2.24, 2.45) is 0 Å². The van der Waals surface area contributed by atoms with Crippen LogP contribution < -0.4 is 0 Å². The molecule has 0 N–H and O–H groups in total. The molecule has 0 aliphatic heterocycles. The van der Waals surface area contributed by atoms with Gasteiger partial charge >= 0.3 is 0 Å². The van der Waals surface area contributed by atoms with Gasteiger partial charge in [-0.25, -0.2) is 0 Å². The zero-order chi connectivity index (χ0) is 13.4. The van der Waals surface area contributed by atoms with Crippen LogP contribution in [0, 0.1) is 6.92 Å². The van der Waals surface area contributed by atoms with Crippen molar-refractivity contribution in [1.29, 1.82) is 0 Å². The van der Waals surface area contributed by atoms with Gasteiger partial charge in [0.2, 0.25) is 0 Å². The Balaban J connectivity index is 1.97. The number of fused-ring (bicyclic) bond motifs is 1. The second-order valence-corrected chi connectivity index (χ2v) is 7.78. The van der Waals surface area contributed by atoms with Crippen LogP contribution in [0.15, 0.2) is 34.8 Å². The molecule has 0 radical (unpaired) electrons. The van der Waals surface area contributed by atoms with Crippen molar-refractivity contribution in [3.8, 4) is 0 Å². The average Bonchev–Trinajstić information content (AvgIpc) is 2.76. The summed E-state index contributed by atoms with van der Waals surface area (Å²) in [5.41, 5.74) is 2.93. The van der Waals surface area contributed by atoms with Gasteiger partial charge in [0, 0.05) is 20.1 Å². The highest BCUT2D eigenvalue weighted by atomic mass is 79.9. The average molecular weight is 356 g/mol. The lowest BCUT2D eigenvalue weighted by Crippen LogP contribution is -2.13. The Labute approximate surface area is 131 Å². The number of benzene rings is 1. The van der Waals surface area contributed by atoms with E-state index in [0.29, 0.717) is 5.92 Å². The second kappa shape index (κ2) is 5.59. The zero-order valence-corrected chi connectivity index (χ0v) is 14.0. The summed E-state index contributed by atoms with van der Waals surface area (Å²) < 4.78 is 1.16. The van der Waals surface area contributed by atoms with Gasteiger partial charge in [-0.2, -0.15) is 0 Å². The van der Waals surface area contributed by atoms with Crippen molar-refractivity contribution in [1.82, 2.24) is 0 Å². The molecule has 1 aliphatic carbocycles. The zero-order valence-electron chi connectivity index (χ0n) is 10.8. The summed E-state index contributed by atoms with van der Waals surface area (Å²) in [6.45, 7) is 2.14. The lowest BCUT2D eigenvalue weighted by atomic mass is 9.80. The Bertz CT molecular complexity index is 590. The molecule has 1 aromatic carbocycles. The molecule has 3 heteroatoms. The Morgan fingerprint density at radius 3 is 2.89 bits per heavy atom. The summed E-state index contributed by atoms with van der Waals surface area (Å²) in [5.74, 6) is 0.445. The van der Waals surface area contributed by atoms with E-state index in [1.807, 2.05) is 11.3 Å². The summed E-state index contributed by atoms with van der Waals surface area (Å²) >= 11 is 12.3. The van der Waals surface area contributed by atoms with Gasteiger partial charge in [-0.05, 0) is 59.3 Å². The predicted molar refractivity (Wildman–Crippen MR) is 87.5 cm³/mol. The van der Waals surface area contributed by atoms with Crippen molar-refractivity contribution in [3.05, 3.63) is 55.7 Å². The molecule has 3 rings (SSSR count). The maximum atomic E-state index is 6.81. The number of alkyl halides is 1. The van der Waals surface area contributed by atoms with Crippen molar-refractivity contribution < 1.29 is 0 Å². The van der Waals surface area contributed by atoms with E-state index in [2.05, 4.69) is 53.2 Å². The molecule has 0 nitrogen and oxygen atoms in total. The largest absolute Gasteiger partial charge is 0.143 e. The lowest BCUT2D eigenvalue weighted by Gasteiger charge is -2.28. The van der Waals surface area contributed by atoms with E-state index < -0.39 is 0 Å². The van der Waals surface area contributed by atoms with E-state index >= 15 is 0 Å². The number of thiophene rings is 1. The summed E-state index contributed by atoms with van der Waals surface area (Å²) in [5, 5.41) is 0.0783.